The first-order valence-electron chi connectivity index (χ1n) is 8.49. The second-order valence-electron chi connectivity index (χ2n) is 5.91. The third kappa shape index (κ3) is 3.69. The fourth-order valence-electron chi connectivity index (χ4n) is 2.68. The average Bonchev–Trinajstić information content (AvgIpc) is 2.69. The lowest BCUT2D eigenvalue weighted by Crippen LogP contribution is -2.33. The lowest BCUT2D eigenvalue weighted by atomic mass is 10.1. The maximum Gasteiger partial charge on any atom is 0.267 e. The summed E-state index contributed by atoms with van der Waals surface area (Å²) in [7, 11) is 0. The van der Waals surface area contributed by atoms with Crippen LogP contribution in [0.3, 0.4) is 0 Å². The van der Waals surface area contributed by atoms with Crippen LogP contribution in [0.1, 0.15) is 25.5 Å². The standard InChI is InChI=1S/C20H20N4O2/c1-3-15-6-4-5-7-17(15)22-20(26)14(2)24-19(25)9-8-18(23-24)16-10-12-21-13-11-16/h4-14H,3H2,1-2H3,(H,22,26). The van der Waals surface area contributed by atoms with Gasteiger partial charge in [0.1, 0.15) is 6.04 Å². The zero-order valence-corrected chi connectivity index (χ0v) is 14.7. The molecule has 0 radical (unpaired) electrons. The fourth-order valence-corrected chi connectivity index (χ4v) is 2.68. The number of aromatic nitrogens is 3. The summed E-state index contributed by atoms with van der Waals surface area (Å²) in [6, 6.07) is 13.6. The molecule has 3 aromatic rings. The molecule has 6 heteroatoms. The van der Waals surface area contributed by atoms with Crippen LogP contribution < -0.4 is 10.9 Å². The van der Waals surface area contributed by atoms with Crippen molar-refractivity contribution in [3.05, 3.63) is 76.8 Å². The quantitative estimate of drug-likeness (QED) is 0.769. The molecular formula is C20H20N4O2. The average molecular weight is 348 g/mol. The van der Waals surface area contributed by atoms with Gasteiger partial charge in [-0.1, -0.05) is 25.1 Å². The number of hydrogen-bond acceptors (Lipinski definition) is 4. The maximum atomic E-state index is 12.7. The summed E-state index contributed by atoms with van der Waals surface area (Å²) in [4.78, 5) is 28.9. The number of rotatable bonds is 5. The number of benzene rings is 1. The Morgan fingerprint density at radius 3 is 2.58 bits per heavy atom. The molecular weight excluding hydrogens is 328 g/mol. The molecule has 0 spiro atoms. The second-order valence-corrected chi connectivity index (χ2v) is 5.91. The number of nitrogens with one attached hydrogen (secondary N) is 1. The zero-order chi connectivity index (χ0) is 18.5. The van der Waals surface area contributed by atoms with Crippen LogP contribution >= 0.6 is 0 Å². The Labute approximate surface area is 151 Å². The van der Waals surface area contributed by atoms with Gasteiger partial charge in [-0.25, -0.2) is 4.68 Å². The summed E-state index contributed by atoms with van der Waals surface area (Å²) >= 11 is 0. The van der Waals surface area contributed by atoms with Crippen molar-refractivity contribution in [3.8, 4) is 11.3 Å². The number of carbonyl (C=O) groups excluding carboxylic acids is 1. The minimum atomic E-state index is -0.741. The molecule has 0 saturated carbocycles. The smallest absolute Gasteiger partial charge is 0.267 e. The zero-order valence-electron chi connectivity index (χ0n) is 14.7. The van der Waals surface area contributed by atoms with Crippen LogP contribution in [-0.2, 0) is 11.2 Å². The first-order valence-corrected chi connectivity index (χ1v) is 8.49. The lowest BCUT2D eigenvalue weighted by molar-refractivity contribution is -0.119. The predicted molar refractivity (Wildman–Crippen MR) is 101 cm³/mol. The molecule has 1 unspecified atom stereocenters. The minimum absolute atomic E-state index is 0.285. The Hall–Kier alpha value is -3.28. The highest BCUT2D eigenvalue weighted by Gasteiger charge is 2.19. The van der Waals surface area contributed by atoms with E-state index in [4.69, 9.17) is 0 Å². The summed E-state index contributed by atoms with van der Waals surface area (Å²) in [5.41, 5.74) is 2.91. The predicted octanol–water partition coefficient (Wildman–Crippen LogP) is 3.07. The Morgan fingerprint density at radius 1 is 1.12 bits per heavy atom. The van der Waals surface area contributed by atoms with Crippen molar-refractivity contribution in [2.75, 3.05) is 5.32 Å². The SMILES string of the molecule is CCc1ccccc1NC(=O)C(C)n1nc(-c2ccncc2)ccc1=O. The van der Waals surface area contributed by atoms with E-state index in [-0.39, 0.29) is 11.5 Å². The molecule has 0 aliphatic heterocycles. The van der Waals surface area contributed by atoms with Gasteiger partial charge in [-0.05, 0) is 43.2 Å². The molecule has 3 rings (SSSR count). The van der Waals surface area contributed by atoms with Gasteiger partial charge in [-0.3, -0.25) is 14.6 Å². The van der Waals surface area contributed by atoms with Crippen LogP contribution in [0.2, 0.25) is 0 Å². The normalized spacial score (nSPS) is 11.8. The number of amides is 1. The van der Waals surface area contributed by atoms with Crippen molar-refractivity contribution in [2.24, 2.45) is 0 Å². The third-order valence-corrected chi connectivity index (χ3v) is 4.20. The van der Waals surface area contributed by atoms with E-state index in [9.17, 15) is 9.59 Å². The van der Waals surface area contributed by atoms with Gasteiger partial charge in [0.25, 0.3) is 5.56 Å². The first kappa shape index (κ1) is 17.5. The lowest BCUT2D eigenvalue weighted by Gasteiger charge is -2.16. The summed E-state index contributed by atoms with van der Waals surface area (Å²) in [6.45, 7) is 3.69. The molecule has 2 aromatic heterocycles. The Bertz CT molecular complexity index is 967. The second kappa shape index (κ2) is 7.74. The third-order valence-electron chi connectivity index (χ3n) is 4.20. The van der Waals surface area contributed by atoms with Gasteiger partial charge in [-0.15, -0.1) is 0 Å². The molecule has 0 fully saturated rings. The van der Waals surface area contributed by atoms with Crippen LogP contribution in [-0.4, -0.2) is 20.7 Å². The van der Waals surface area contributed by atoms with Crippen LogP contribution in [0.15, 0.2) is 65.7 Å². The number of pyridine rings is 1. The van der Waals surface area contributed by atoms with Gasteiger partial charge in [-0.2, -0.15) is 5.10 Å². The van der Waals surface area contributed by atoms with Gasteiger partial charge in [0.15, 0.2) is 0 Å². The van der Waals surface area contributed by atoms with Crippen molar-refractivity contribution in [3.63, 3.8) is 0 Å². The summed E-state index contributed by atoms with van der Waals surface area (Å²) in [5.74, 6) is -0.285. The van der Waals surface area contributed by atoms with Crippen molar-refractivity contribution < 1.29 is 4.79 Å². The molecule has 0 aliphatic carbocycles. The molecule has 1 amide bonds. The van der Waals surface area contributed by atoms with Gasteiger partial charge in [0.05, 0.1) is 5.69 Å². The molecule has 2 heterocycles. The number of carbonyl (C=O) groups is 1. The minimum Gasteiger partial charge on any atom is -0.324 e. The van der Waals surface area contributed by atoms with Crippen molar-refractivity contribution >= 4 is 11.6 Å². The molecule has 0 bridgehead atoms. The Balaban J connectivity index is 1.88. The van der Waals surface area contributed by atoms with E-state index >= 15 is 0 Å². The molecule has 1 aromatic carbocycles. The number of para-hydroxylation sites is 1. The number of aryl methyl sites for hydroxylation is 1. The maximum absolute atomic E-state index is 12.7. The van der Waals surface area contributed by atoms with E-state index in [1.807, 2.05) is 31.2 Å². The van der Waals surface area contributed by atoms with E-state index in [1.165, 1.54) is 10.7 Å². The molecule has 1 atom stereocenters. The van der Waals surface area contributed by atoms with E-state index in [1.54, 1.807) is 37.5 Å². The van der Waals surface area contributed by atoms with E-state index in [0.29, 0.717) is 5.69 Å². The number of anilines is 1. The van der Waals surface area contributed by atoms with Gasteiger partial charge >= 0.3 is 0 Å². The molecule has 0 aliphatic rings. The van der Waals surface area contributed by atoms with Gasteiger partial charge in [0.2, 0.25) is 5.91 Å². The highest BCUT2D eigenvalue weighted by atomic mass is 16.2. The van der Waals surface area contributed by atoms with Gasteiger partial charge < -0.3 is 5.32 Å². The van der Waals surface area contributed by atoms with Crippen molar-refractivity contribution in [1.29, 1.82) is 0 Å². The highest BCUT2D eigenvalue weighted by molar-refractivity contribution is 5.94. The van der Waals surface area contributed by atoms with Gasteiger partial charge in [0, 0.05) is 29.7 Å². The molecule has 6 nitrogen and oxygen atoms in total. The Morgan fingerprint density at radius 2 is 1.85 bits per heavy atom. The van der Waals surface area contributed by atoms with E-state index in [2.05, 4.69) is 15.4 Å². The number of hydrogen-bond donors (Lipinski definition) is 1. The first-order chi connectivity index (χ1) is 12.6. The summed E-state index contributed by atoms with van der Waals surface area (Å²) in [6.07, 6.45) is 4.12. The van der Waals surface area contributed by atoms with Crippen LogP contribution in [0, 0.1) is 0 Å². The van der Waals surface area contributed by atoms with E-state index < -0.39 is 6.04 Å². The largest absolute Gasteiger partial charge is 0.324 e. The van der Waals surface area contributed by atoms with Crippen LogP contribution in [0.25, 0.3) is 11.3 Å². The Kier molecular flexibility index (Phi) is 5.22. The molecule has 0 saturated heterocycles. The fraction of sp³-hybridized carbons (Fsp3) is 0.200. The molecule has 26 heavy (non-hydrogen) atoms. The van der Waals surface area contributed by atoms with Crippen LogP contribution in [0.4, 0.5) is 5.69 Å². The highest BCUT2D eigenvalue weighted by Crippen LogP contribution is 2.18. The van der Waals surface area contributed by atoms with Crippen LogP contribution in [0.5, 0.6) is 0 Å². The monoisotopic (exact) mass is 348 g/mol. The number of nitrogens with zero attached hydrogens (tertiary/aromatic N) is 3. The molecule has 1 N–H and O–H groups in total. The van der Waals surface area contributed by atoms with Crippen molar-refractivity contribution in [2.45, 2.75) is 26.3 Å². The van der Waals surface area contributed by atoms with E-state index in [0.717, 1.165) is 23.2 Å². The topological polar surface area (TPSA) is 76.9 Å². The molecule has 132 valence electrons. The summed E-state index contributed by atoms with van der Waals surface area (Å²) < 4.78 is 1.21. The van der Waals surface area contributed by atoms with Crippen molar-refractivity contribution in [1.82, 2.24) is 14.8 Å². The summed E-state index contributed by atoms with van der Waals surface area (Å²) in [5, 5.41) is 7.26.